The molecule has 1 N–H and O–H groups in total. The highest BCUT2D eigenvalue weighted by molar-refractivity contribution is 5.08. The normalized spacial score (nSPS) is 32.4. The second-order valence-electron chi connectivity index (χ2n) is 4.91. The second-order valence-corrected chi connectivity index (χ2v) is 4.91. The third-order valence-corrected chi connectivity index (χ3v) is 3.20. The van der Waals surface area contributed by atoms with Gasteiger partial charge in [0, 0.05) is 13.2 Å². The zero-order valence-electron chi connectivity index (χ0n) is 8.90. The molecular weight excluding hydrogens is 176 g/mol. The maximum Gasteiger partial charge on any atom is 0.0545 e. The lowest BCUT2D eigenvalue weighted by atomic mass is 9.83. The van der Waals surface area contributed by atoms with Gasteiger partial charge in [0.2, 0.25) is 0 Å². The van der Waals surface area contributed by atoms with Gasteiger partial charge in [-0.1, -0.05) is 6.92 Å². The molecule has 2 atom stereocenters. The molecule has 1 fully saturated rings. The topological polar surface area (TPSA) is 38.0 Å². The highest BCUT2D eigenvalue weighted by Crippen LogP contribution is 2.40. The number of hydrogen-bond acceptors (Lipinski definition) is 2. The summed E-state index contributed by atoms with van der Waals surface area (Å²) < 4.78 is 1.84. The highest BCUT2D eigenvalue weighted by Gasteiger charge is 2.34. The Morgan fingerprint density at radius 3 is 3.00 bits per heavy atom. The lowest BCUT2D eigenvalue weighted by molar-refractivity contribution is 0.163. The average molecular weight is 194 g/mol. The van der Waals surface area contributed by atoms with Crippen LogP contribution in [0.4, 0.5) is 0 Å². The zero-order valence-corrected chi connectivity index (χ0v) is 8.90. The number of aryl methyl sites for hydroxylation is 1. The van der Waals surface area contributed by atoms with Crippen molar-refractivity contribution in [3.63, 3.8) is 0 Å². The number of aliphatic hydroxyl groups is 1. The molecule has 0 aliphatic heterocycles. The molecule has 2 unspecified atom stereocenters. The minimum Gasteiger partial charge on any atom is -0.393 e. The van der Waals surface area contributed by atoms with Crippen molar-refractivity contribution < 1.29 is 5.11 Å². The first-order valence-corrected chi connectivity index (χ1v) is 5.23. The molecule has 1 aromatic heterocycles. The van der Waals surface area contributed by atoms with Gasteiger partial charge in [-0.25, -0.2) is 0 Å². The van der Waals surface area contributed by atoms with Crippen molar-refractivity contribution in [1.29, 1.82) is 0 Å². The van der Waals surface area contributed by atoms with Crippen molar-refractivity contribution in [2.45, 2.75) is 38.7 Å². The molecule has 1 saturated carbocycles. The Morgan fingerprint density at radius 1 is 1.71 bits per heavy atom. The van der Waals surface area contributed by atoms with E-state index < -0.39 is 0 Å². The fourth-order valence-electron chi connectivity index (χ4n) is 2.50. The van der Waals surface area contributed by atoms with Crippen LogP contribution in [0, 0.1) is 5.41 Å². The molecule has 1 aliphatic rings. The Balaban J connectivity index is 2.03. The lowest BCUT2D eigenvalue weighted by Gasteiger charge is -2.22. The van der Waals surface area contributed by atoms with Gasteiger partial charge in [-0.15, -0.1) is 0 Å². The van der Waals surface area contributed by atoms with Crippen LogP contribution in [0.2, 0.25) is 0 Å². The van der Waals surface area contributed by atoms with E-state index in [1.807, 2.05) is 17.9 Å². The van der Waals surface area contributed by atoms with Crippen LogP contribution >= 0.6 is 0 Å². The van der Waals surface area contributed by atoms with Crippen LogP contribution < -0.4 is 0 Å². The van der Waals surface area contributed by atoms with Gasteiger partial charge in [0.1, 0.15) is 0 Å². The SMILES string of the molecule is Cn1cc(CC2(C)CCC(O)C2)cn1. The Kier molecular flexibility index (Phi) is 2.35. The second kappa shape index (κ2) is 3.39. The summed E-state index contributed by atoms with van der Waals surface area (Å²) in [6.45, 7) is 2.26. The highest BCUT2D eigenvalue weighted by atomic mass is 16.3. The van der Waals surface area contributed by atoms with Gasteiger partial charge in [-0.2, -0.15) is 5.10 Å². The largest absolute Gasteiger partial charge is 0.393 e. The van der Waals surface area contributed by atoms with E-state index >= 15 is 0 Å². The summed E-state index contributed by atoms with van der Waals surface area (Å²) in [5, 5.41) is 13.7. The maximum absolute atomic E-state index is 9.53. The van der Waals surface area contributed by atoms with Crippen LogP contribution in [-0.4, -0.2) is 21.0 Å². The molecule has 0 amide bonds. The molecule has 0 bridgehead atoms. The monoisotopic (exact) mass is 194 g/mol. The number of nitrogens with zero attached hydrogens (tertiary/aromatic N) is 2. The molecule has 0 aromatic carbocycles. The third kappa shape index (κ3) is 1.98. The van der Waals surface area contributed by atoms with Crippen LogP contribution in [-0.2, 0) is 13.5 Å². The van der Waals surface area contributed by atoms with E-state index in [4.69, 9.17) is 0 Å². The van der Waals surface area contributed by atoms with Gasteiger partial charge in [0.15, 0.2) is 0 Å². The van der Waals surface area contributed by atoms with Crippen molar-refractivity contribution in [1.82, 2.24) is 9.78 Å². The van der Waals surface area contributed by atoms with Gasteiger partial charge in [-0.3, -0.25) is 4.68 Å². The molecule has 78 valence electrons. The summed E-state index contributed by atoms with van der Waals surface area (Å²) in [6.07, 6.45) is 7.96. The molecule has 1 aromatic rings. The maximum atomic E-state index is 9.53. The molecule has 3 heteroatoms. The van der Waals surface area contributed by atoms with Gasteiger partial charge in [0.25, 0.3) is 0 Å². The number of hydrogen-bond donors (Lipinski definition) is 1. The fourth-order valence-corrected chi connectivity index (χ4v) is 2.50. The molecular formula is C11H18N2O. The van der Waals surface area contributed by atoms with Gasteiger partial charge in [0.05, 0.1) is 12.3 Å². The van der Waals surface area contributed by atoms with Crippen molar-refractivity contribution in [2.75, 3.05) is 0 Å². The molecule has 0 saturated heterocycles. The smallest absolute Gasteiger partial charge is 0.0545 e. The van der Waals surface area contributed by atoms with Crippen molar-refractivity contribution >= 4 is 0 Å². The molecule has 1 aliphatic carbocycles. The van der Waals surface area contributed by atoms with E-state index in [0.29, 0.717) is 0 Å². The molecule has 14 heavy (non-hydrogen) atoms. The van der Waals surface area contributed by atoms with E-state index in [0.717, 1.165) is 25.7 Å². The zero-order chi connectivity index (χ0) is 10.2. The van der Waals surface area contributed by atoms with Crippen LogP contribution in [0.5, 0.6) is 0 Å². The quantitative estimate of drug-likeness (QED) is 0.775. The number of aromatic nitrogens is 2. The first-order valence-electron chi connectivity index (χ1n) is 5.23. The first kappa shape index (κ1) is 9.71. The Labute approximate surface area is 84.7 Å². The summed E-state index contributed by atoms with van der Waals surface area (Å²) in [5.41, 5.74) is 1.56. The fraction of sp³-hybridized carbons (Fsp3) is 0.727. The minimum atomic E-state index is -0.0864. The van der Waals surface area contributed by atoms with Crippen molar-refractivity contribution in [3.8, 4) is 0 Å². The average Bonchev–Trinajstić information content (AvgIpc) is 2.60. The minimum absolute atomic E-state index is 0.0864. The van der Waals surface area contributed by atoms with E-state index in [1.54, 1.807) is 0 Å². The summed E-state index contributed by atoms with van der Waals surface area (Å²) in [7, 11) is 1.94. The van der Waals surface area contributed by atoms with Crippen molar-refractivity contribution in [2.24, 2.45) is 12.5 Å². The van der Waals surface area contributed by atoms with E-state index in [9.17, 15) is 5.11 Å². The first-order chi connectivity index (χ1) is 6.57. The van der Waals surface area contributed by atoms with Gasteiger partial charge in [-0.05, 0) is 36.7 Å². The Hall–Kier alpha value is -0.830. The summed E-state index contributed by atoms with van der Waals surface area (Å²) in [4.78, 5) is 0. The van der Waals surface area contributed by atoms with Gasteiger partial charge >= 0.3 is 0 Å². The Bertz CT molecular complexity index is 321. The van der Waals surface area contributed by atoms with E-state index in [1.165, 1.54) is 5.56 Å². The molecule has 0 spiro atoms. The lowest BCUT2D eigenvalue weighted by Crippen LogP contribution is -2.16. The van der Waals surface area contributed by atoms with Crippen LogP contribution in [0.15, 0.2) is 12.4 Å². The molecule has 3 nitrogen and oxygen atoms in total. The van der Waals surface area contributed by atoms with Crippen LogP contribution in [0.1, 0.15) is 31.7 Å². The van der Waals surface area contributed by atoms with Gasteiger partial charge < -0.3 is 5.11 Å². The summed E-state index contributed by atoms with van der Waals surface area (Å²) >= 11 is 0. The third-order valence-electron chi connectivity index (χ3n) is 3.20. The van der Waals surface area contributed by atoms with E-state index in [2.05, 4.69) is 18.2 Å². The molecule has 1 heterocycles. The predicted octanol–water partition coefficient (Wildman–Crippen LogP) is 1.51. The summed E-state index contributed by atoms with van der Waals surface area (Å²) in [5.74, 6) is 0. The molecule has 2 rings (SSSR count). The van der Waals surface area contributed by atoms with Crippen LogP contribution in [0.25, 0.3) is 0 Å². The predicted molar refractivity (Wildman–Crippen MR) is 54.9 cm³/mol. The van der Waals surface area contributed by atoms with Crippen molar-refractivity contribution in [3.05, 3.63) is 18.0 Å². The number of aliphatic hydroxyl groups excluding tert-OH is 1. The Morgan fingerprint density at radius 2 is 2.50 bits per heavy atom. The van der Waals surface area contributed by atoms with Crippen LogP contribution in [0.3, 0.4) is 0 Å². The number of rotatable bonds is 2. The summed E-state index contributed by atoms with van der Waals surface area (Å²) in [6, 6.07) is 0. The van der Waals surface area contributed by atoms with E-state index in [-0.39, 0.29) is 11.5 Å². The standard InChI is InChI=1S/C11H18N2O/c1-11(4-3-10(14)6-11)5-9-7-12-13(2)8-9/h7-8,10,14H,3-6H2,1-2H3. The molecule has 0 radical (unpaired) electrons.